The van der Waals surface area contributed by atoms with Crippen molar-refractivity contribution in [1.82, 2.24) is 9.88 Å². The van der Waals surface area contributed by atoms with Gasteiger partial charge in [0.25, 0.3) is 0 Å². The Morgan fingerprint density at radius 2 is 1.74 bits per heavy atom. The molecule has 1 aromatic heterocycles. The van der Waals surface area contributed by atoms with Gasteiger partial charge in [-0.2, -0.15) is 13.2 Å². The quantitative estimate of drug-likeness (QED) is 0.379. The SMILES string of the molecule is CCCCCCC(CCC)C(=O)O.CN(C)CCc1c(C(F)(F)F)[nH]c2ccccc12. The van der Waals surface area contributed by atoms with Crippen molar-refractivity contribution in [3.63, 3.8) is 0 Å². The summed E-state index contributed by atoms with van der Waals surface area (Å²) in [7, 11) is 3.70. The summed E-state index contributed by atoms with van der Waals surface area (Å²) in [6, 6.07) is 6.89. The highest BCUT2D eigenvalue weighted by molar-refractivity contribution is 5.84. The van der Waals surface area contributed by atoms with E-state index in [-0.39, 0.29) is 5.92 Å². The zero-order chi connectivity index (χ0) is 23.4. The lowest BCUT2D eigenvalue weighted by atomic mass is 9.96. The molecular weight excluding hydrogens is 405 g/mol. The number of rotatable bonds is 11. The Balaban J connectivity index is 0.000000330. The van der Waals surface area contributed by atoms with E-state index in [0.717, 1.165) is 25.7 Å². The number of carboxylic acids is 1. The summed E-state index contributed by atoms with van der Waals surface area (Å²) in [6.45, 7) is 4.80. The number of carboxylic acid groups (broad SMARTS) is 1. The van der Waals surface area contributed by atoms with Gasteiger partial charge in [-0.25, -0.2) is 0 Å². The van der Waals surface area contributed by atoms with Crippen molar-refractivity contribution < 1.29 is 23.1 Å². The average molecular weight is 443 g/mol. The molecule has 2 rings (SSSR count). The molecule has 0 fully saturated rings. The summed E-state index contributed by atoms with van der Waals surface area (Å²) in [5.41, 5.74) is 0.274. The Morgan fingerprint density at radius 1 is 1.06 bits per heavy atom. The maximum Gasteiger partial charge on any atom is 0.431 e. The maximum absolute atomic E-state index is 13.0. The minimum absolute atomic E-state index is 0.0955. The van der Waals surface area contributed by atoms with Crippen molar-refractivity contribution in [3.8, 4) is 0 Å². The smallest absolute Gasteiger partial charge is 0.431 e. The Labute approximate surface area is 183 Å². The summed E-state index contributed by atoms with van der Waals surface area (Å²) in [4.78, 5) is 15.1. The van der Waals surface area contributed by atoms with Crippen LogP contribution in [0.1, 0.15) is 70.1 Å². The van der Waals surface area contributed by atoms with E-state index in [9.17, 15) is 18.0 Å². The van der Waals surface area contributed by atoms with E-state index >= 15 is 0 Å². The molecule has 1 aromatic carbocycles. The van der Waals surface area contributed by atoms with Crippen LogP contribution in [0, 0.1) is 5.92 Å². The molecule has 2 aromatic rings. The summed E-state index contributed by atoms with van der Waals surface area (Å²) < 4.78 is 38.9. The number of unbranched alkanes of at least 4 members (excludes halogenated alkanes) is 3. The molecule has 0 aliphatic rings. The van der Waals surface area contributed by atoms with Crippen LogP contribution in [0.2, 0.25) is 0 Å². The zero-order valence-electron chi connectivity index (χ0n) is 19.2. The molecule has 0 bridgehead atoms. The molecule has 31 heavy (non-hydrogen) atoms. The number of hydrogen-bond donors (Lipinski definition) is 2. The second-order valence-corrected chi connectivity index (χ2v) is 8.25. The van der Waals surface area contributed by atoms with Gasteiger partial charge in [0, 0.05) is 17.4 Å². The molecule has 0 radical (unpaired) electrons. The fraction of sp³-hybridized carbons (Fsp3) is 0.625. The van der Waals surface area contributed by atoms with Crippen molar-refractivity contribution >= 4 is 16.9 Å². The number of carbonyl (C=O) groups is 1. The highest BCUT2D eigenvalue weighted by Gasteiger charge is 2.36. The van der Waals surface area contributed by atoms with Crippen LogP contribution >= 0.6 is 0 Å². The normalized spacial score (nSPS) is 12.6. The number of benzene rings is 1. The molecule has 0 aliphatic carbocycles. The van der Waals surface area contributed by atoms with Crippen LogP contribution in [-0.4, -0.2) is 41.6 Å². The zero-order valence-corrected chi connectivity index (χ0v) is 19.2. The Hall–Kier alpha value is -2.02. The van der Waals surface area contributed by atoms with Crippen LogP contribution in [0.4, 0.5) is 13.2 Å². The molecule has 176 valence electrons. The van der Waals surface area contributed by atoms with E-state index in [0.29, 0.717) is 29.4 Å². The number of para-hydroxylation sites is 1. The summed E-state index contributed by atoms with van der Waals surface area (Å²) in [5.74, 6) is -0.708. The van der Waals surface area contributed by atoms with Crippen LogP contribution in [0.5, 0.6) is 0 Å². The van der Waals surface area contributed by atoms with Crippen LogP contribution in [0.25, 0.3) is 10.9 Å². The molecule has 0 amide bonds. The predicted octanol–water partition coefficient (Wildman–Crippen LogP) is 6.75. The van der Waals surface area contributed by atoms with Gasteiger partial charge in [0.15, 0.2) is 0 Å². The van der Waals surface area contributed by atoms with Gasteiger partial charge in [0.1, 0.15) is 5.69 Å². The number of aromatic nitrogens is 1. The predicted molar refractivity (Wildman–Crippen MR) is 120 cm³/mol. The molecule has 1 heterocycles. The van der Waals surface area contributed by atoms with Crippen LogP contribution in [0.3, 0.4) is 0 Å². The first-order chi connectivity index (χ1) is 14.6. The van der Waals surface area contributed by atoms with Gasteiger partial charge >= 0.3 is 12.1 Å². The second-order valence-electron chi connectivity index (χ2n) is 8.25. The van der Waals surface area contributed by atoms with Gasteiger partial charge in [-0.3, -0.25) is 4.79 Å². The average Bonchev–Trinajstić information content (AvgIpc) is 3.08. The Bertz CT molecular complexity index is 785. The summed E-state index contributed by atoms with van der Waals surface area (Å²) in [5, 5.41) is 9.52. The standard InChI is InChI=1S/C13H15F3N2.C11H22O2/c1-18(2)8-7-10-9-5-3-4-6-11(9)17-12(10)13(14,15)16;1-3-5-6-7-9-10(8-4-2)11(12)13/h3-6,17H,7-8H2,1-2H3;10H,3-9H2,1-2H3,(H,12,13). The number of fused-ring (bicyclic) bond motifs is 1. The van der Waals surface area contributed by atoms with Crippen molar-refractivity contribution in [2.24, 2.45) is 5.92 Å². The number of nitrogens with zero attached hydrogens (tertiary/aromatic N) is 1. The third kappa shape index (κ3) is 9.33. The number of H-pyrrole nitrogens is 1. The number of nitrogens with one attached hydrogen (secondary N) is 1. The highest BCUT2D eigenvalue weighted by Crippen LogP contribution is 2.35. The summed E-state index contributed by atoms with van der Waals surface area (Å²) >= 11 is 0. The Morgan fingerprint density at radius 3 is 2.29 bits per heavy atom. The number of likely N-dealkylation sites (N-methyl/N-ethyl adjacent to an activating group) is 1. The first-order valence-electron chi connectivity index (χ1n) is 11.2. The fourth-order valence-corrected chi connectivity index (χ4v) is 3.59. The number of aliphatic carboxylic acids is 1. The van der Waals surface area contributed by atoms with E-state index in [1.54, 1.807) is 24.3 Å². The van der Waals surface area contributed by atoms with Gasteiger partial charge in [0.2, 0.25) is 0 Å². The minimum atomic E-state index is -4.33. The van der Waals surface area contributed by atoms with Gasteiger partial charge in [-0.05, 0) is 45.0 Å². The number of hydrogen-bond acceptors (Lipinski definition) is 2. The lowest BCUT2D eigenvalue weighted by Gasteiger charge is -2.11. The molecule has 4 nitrogen and oxygen atoms in total. The van der Waals surface area contributed by atoms with Crippen molar-refractivity contribution in [2.45, 2.75) is 71.4 Å². The molecule has 1 unspecified atom stereocenters. The molecule has 7 heteroatoms. The van der Waals surface area contributed by atoms with Gasteiger partial charge in [-0.15, -0.1) is 0 Å². The van der Waals surface area contributed by atoms with E-state index < -0.39 is 17.8 Å². The number of alkyl halides is 3. The fourth-order valence-electron chi connectivity index (χ4n) is 3.59. The molecular formula is C24H37F3N2O2. The first-order valence-corrected chi connectivity index (χ1v) is 11.2. The van der Waals surface area contributed by atoms with Gasteiger partial charge in [-0.1, -0.05) is 64.2 Å². The van der Waals surface area contributed by atoms with Crippen molar-refractivity contribution in [3.05, 3.63) is 35.5 Å². The lowest BCUT2D eigenvalue weighted by Crippen LogP contribution is -2.17. The highest BCUT2D eigenvalue weighted by atomic mass is 19.4. The molecule has 2 N–H and O–H groups in total. The lowest BCUT2D eigenvalue weighted by molar-refractivity contribution is -0.142. The first kappa shape index (κ1) is 27.0. The molecule has 0 spiro atoms. The maximum atomic E-state index is 13.0. The minimum Gasteiger partial charge on any atom is -0.481 e. The monoisotopic (exact) mass is 442 g/mol. The molecule has 0 aliphatic heterocycles. The summed E-state index contributed by atoms with van der Waals surface area (Å²) in [6.07, 6.45) is 3.43. The van der Waals surface area contributed by atoms with E-state index in [1.165, 1.54) is 19.3 Å². The van der Waals surface area contributed by atoms with E-state index in [1.807, 2.05) is 25.9 Å². The van der Waals surface area contributed by atoms with Crippen LogP contribution in [0.15, 0.2) is 24.3 Å². The second kappa shape index (κ2) is 13.4. The number of aromatic amines is 1. The largest absolute Gasteiger partial charge is 0.481 e. The molecule has 0 saturated carbocycles. The topological polar surface area (TPSA) is 56.3 Å². The molecule has 1 atom stereocenters. The third-order valence-corrected chi connectivity index (χ3v) is 5.30. The van der Waals surface area contributed by atoms with Crippen molar-refractivity contribution in [2.75, 3.05) is 20.6 Å². The van der Waals surface area contributed by atoms with E-state index in [2.05, 4.69) is 11.9 Å². The van der Waals surface area contributed by atoms with Gasteiger partial charge in [0.05, 0.1) is 5.92 Å². The van der Waals surface area contributed by atoms with Crippen LogP contribution in [-0.2, 0) is 17.4 Å². The third-order valence-electron chi connectivity index (χ3n) is 5.30. The van der Waals surface area contributed by atoms with Crippen molar-refractivity contribution in [1.29, 1.82) is 0 Å². The van der Waals surface area contributed by atoms with Gasteiger partial charge < -0.3 is 15.0 Å². The molecule has 0 saturated heterocycles. The Kier molecular flexibility index (Phi) is 11.7. The van der Waals surface area contributed by atoms with E-state index in [4.69, 9.17) is 5.11 Å². The number of halogens is 3. The van der Waals surface area contributed by atoms with Crippen LogP contribution < -0.4 is 0 Å².